The Hall–Kier alpha value is -0.795. The van der Waals surface area contributed by atoms with Gasteiger partial charge in [-0.25, -0.2) is 0 Å². The van der Waals surface area contributed by atoms with Crippen LogP contribution in [0.2, 0.25) is 0 Å². The Morgan fingerprint density at radius 2 is 2.18 bits per heavy atom. The van der Waals surface area contributed by atoms with E-state index in [1.165, 1.54) is 0 Å². The summed E-state index contributed by atoms with van der Waals surface area (Å²) in [5, 5.41) is 18.1. The van der Waals surface area contributed by atoms with Crippen LogP contribution in [-0.2, 0) is 6.37 Å². The van der Waals surface area contributed by atoms with Crippen molar-refractivity contribution < 1.29 is 22.4 Å². The van der Waals surface area contributed by atoms with Gasteiger partial charge in [0.1, 0.15) is 0 Å². The molecule has 1 rings (SSSR count). The van der Waals surface area contributed by atoms with Crippen molar-refractivity contribution in [3.63, 3.8) is 0 Å². The minimum absolute atomic E-state index is 0.731. The molecular weight excluding hydrogens is 139 g/mol. The molecule has 0 aliphatic heterocycles. The Morgan fingerprint density at radius 1 is 1.55 bits per heavy atom. The SMILES string of the molecule is [2H]c1c([2H])c(C([2H])([2H])C([2H])([2H])[2H])c([2H])c([2H])c1B(O)O. The second-order valence-corrected chi connectivity index (χ2v) is 1.79. The Morgan fingerprint density at radius 3 is 2.64 bits per heavy atom. The van der Waals surface area contributed by atoms with Crippen molar-refractivity contribution in [2.45, 2.75) is 13.2 Å². The van der Waals surface area contributed by atoms with Crippen molar-refractivity contribution in [1.82, 2.24) is 0 Å². The fourth-order valence-corrected chi connectivity index (χ4v) is 0.514. The lowest BCUT2D eigenvalue weighted by atomic mass is 9.80. The molecule has 0 saturated carbocycles. The summed E-state index contributed by atoms with van der Waals surface area (Å²) < 4.78 is 66.7. The molecule has 1 aromatic rings. The van der Waals surface area contributed by atoms with E-state index in [0.29, 0.717) is 0 Å². The zero-order valence-corrected chi connectivity index (χ0v) is 5.47. The van der Waals surface area contributed by atoms with Crippen molar-refractivity contribution in [2.75, 3.05) is 0 Å². The molecule has 0 radical (unpaired) electrons. The van der Waals surface area contributed by atoms with Gasteiger partial charge < -0.3 is 10.0 Å². The van der Waals surface area contributed by atoms with E-state index in [1.807, 2.05) is 0 Å². The van der Waals surface area contributed by atoms with Crippen LogP contribution in [0.5, 0.6) is 0 Å². The third-order valence-corrected chi connectivity index (χ3v) is 1.03. The van der Waals surface area contributed by atoms with Crippen LogP contribution in [-0.4, -0.2) is 17.2 Å². The maximum absolute atomic E-state index is 9.03. The molecule has 0 saturated heterocycles. The molecule has 11 heavy (non-hydrogen) atoms. The Labute approximate surface area is 79.3 Å². The largest absolute Gasteiger partial charge is 0.488 e. The second-order valence-electron chi connectivity index (χ2n) is 1.79. The first-order valence-corrected chi connectivity index (χ1v) is 2.81. The molecule has 58 valence electrons. The molecule has 1 aromatic carbocycles. The summed E-state index contributed by atoms with van der Waals surface area (Å²) in [6.45, 7) is -3.20. The summed E-state index contributed by atoms with van der Waals surface area (Å²) in [5.41, 5.74) is -1.66. The second kappa shape index (κ2) is 3.55. The van der Waals surface area contributed by atoms with E-state index in [9.17, 15) is 0 Å². The third kappa shape index (κ3) is 2.07. The summed E-state index contributed by atoms with van der Waals surface area (Å²) in [6.07, 6.45) is -3.11. The Balaban J connectivity index is 3.77. The minimum Gasteiger partial charge on any atom is -0.423 e. The molecule has 0 unspecified atom stereocenters. The van der Waals surface area contributed by atoms with Gasteiger partial charge >= 0.3 is 7.12 Å². The summed E-state index contributed by atoms with van der Waals surface area (Å²) in [6, 6.07) is -3.67. The molecule has 3 heteroatoms. The van der Waals surface area contributed by atoms with Gasteiger partial charge in [-0.15, -0.1) is 0 Å². The van der Waals surface area contributed by atoms with E-state index in [2.05, 4.69) is 0 Å². The van der Waals surface area contributed by atoms with Gasteiger partial charge in [-0.2, -0.15) is 0 Å². The van der Waals surface area contributed by atoms with E-state index in [4.69, 9.17) is 22.4 Å². The molecule has 0 amide bonds. The molecule has 0 atom stereocenters. The summed E-state index contributed by atoms with van der Waals surface area (Å²) in [7, 11) is -2.28. The normalized spacial score (nSPS) is 24.0. The van der Waals surface area contributed by atoms with E-state index in [1.54, 1.807) is 0 Å². The van der Waals surface area contributed by atoms with Gasteiger partial charge in [0.25, 0.3) is 0 Å². The maximum atomic E-state index is 9.03. The molecule has 0 aliphatic carbocycles. The van der Waals surface area contributed by atoms with Crippen LogP contribution < -0.4 is 5.46 Å². The number of hydrogen-bond donors (Lipinski definition) is 2. The first-order valence-electron chi connectivity index (χ1n) is 7.31. The van der Waals surface area contributed by atoms with Crippen LogP contribution in [0.1, 0.15) is 24.8 Å². The molecule has 0 aromatic heterocycles. The molecule has 0 bridgehead atoms. The average Bonchev–Trinajstić information content (AvgIpc) is 2.24. The average molecular weight is 159 g/mol. The standard InChI is InChI=1S/C8H11BO2/c1-2-7-3-5-8(6-4-7)9(10)11/h3-6,10-11H,2H2,1H3/i1D3,2D2,3D,4D,5D,6D. The maximum Gasteiger partial charge on any atom is 0.488 e. The van der Waals surface area contributed by atoms with Gasteiger partial charge in [0, 0.05) is 6.85 Å². The highest BCUT2D eigenvalue weighted by molar-refractivity contribution is 6.58. The van der Waals surface area contributed by atoms with Crippen LogP contribution in [0.25, 0.3) is 0 Å². The fourth-order valence-electron chi connectivity index (χ4n) is 0.514. The lowest BCUT2D eigenvalue weighted by Crippen LogP contribution is -2.29. The number of benzene rings is 1. The summed E-state index contributed by atoms with van der Waals surface area (Å²) >= 11 is 0. The molecule has 0 heterocycles. The van der Waals surface area contributed by atoms with Crippen molar-refractivity contribution in [3.8, 4) is 0 Å². The predicted octanol–water partition coefficient (Wildman–Crippen LogP) is -0.0712. The van der Waals surface area contributed by atoms with Crippen molar-refractivity contribution >= 4 is 12.6 Å². The van der Waals surface area contributed by atoms with Crippen molar-refractivity contribution in [2.24, 2.45) is 0 Å². The highest BCUT2D eigenvalue weighted by Crippen LogP contribution is 1.96. The van der Waals surface area contributed by atoms with Gasteiger partial charge in [0.15, 0.2) is 0 Å². The zero-order valence-electron chi connectivity index (χ0n) is 14.5. The van der Waals surface area contributed by atoms with Crippen LogP contribution in [0.15, 0.2) is 24.2 Å². The lowest BCUT2D eigenvalue weighted by molar-refractivity contribution is 0.426. The quantitative estimate of drug-likeness (QED) is 0.593. The predicted molar refractivity (Wildman–Crippen MR) is 45.6 cm³/mol. The minimum atomic E-state index is -3.20. The van der Waals surface area contributed by atoms with Crippen LogP contribution in [0, 0.1) is 0 Å². The van der Waals surface area contributed by atoms with E-state index >= 15 is 0 Å². The summed E-state index contributed by atoms with van der Waals surface area (Å²) in [5.74, 6) is 0. The van der Waals surface area contributed by atoms with E-state index < -0.39 is 55.5 Å². The molecule has 0 spiro atoms. The molecule has 0 fully saturated rings. The lowest BCUT2D eigenvalue weighted by Gasteiger charge is -1.99. The fraction of sp³-hybridized carbons (Fsp3) is 0.250. The van der Waals surface area contributed by atoms with Crippen molar-refractivity contribution in [3.05, 3.63) is 29.7 Å². The molecular formula is C8H11BO2. The van der Waals surface area contributed by atoms with Crippen molar-refractivity contribution in [1.29, 1.82) is 0 Å². The first kappa shape index (κ1) is 2.34. The first-order chi connectivity index (χ1) is 8.84. The molecule has 2 N–H and O–H groups in total. The highest BCUT2D eigenvalue weighted by atomic mass is 16.4. The monoisotopic (exact) mass is 159 g/mol. The van der Waals surface area contributed by atoms with Gasteiger partial charge in [-0.1, -0.05) is 31.0 Å². The highest BCUT2D eigenvalue weighted by Gasteiger charge is 2.08. The Bertz CT molecular complexity index is 511. The zero-order chi connectivity index (χ0) is 16.0. The van der Waals surface area contributed by atoms with Gasteiger partial charge in [0.2, 0.25) is 0 Å². The van der Waals surface area contributed by atoms with Crippen LogP contribution in [0.3, 0.4) is 0 Å². The third-order valence-electron chi connectivity index (χ3n) is 1.03. The number of rotatable bonds is 2. The topological polar surface area (TPSA) is 40.5 Å². The smallest absolute Gasteiger partial charge is 0.423 e. The van der Waals surface area contributed by atoms with Crippen LogP contribution >= 0.6 is 0 Å². The summed E-state index contributed by atoms with van der Waals surface area (Å²) in [4.78, 5) is 0. The van der Waals surface area contributed by atoms with Crippen LogP contribution in [0.4, 0.5) is 0 Å². The van der Waals surface area contributed by atoms with Gasteiger partial charge in [-0.05, 0) is 17.4 Å². The number of hydrogen-bond acceptors (Lipinski definition) is 2. The Kier molecular flexibility index (Phi) is 0.757. The molecule has 0 aliphatic rings. The molecule has 2 nitrogen and oxygen atoms in total. The van der Waals surface area contributed by atoms with E-state index in [-0.39, 0.29) is 0 Å². The van der Waals surface area contributed by atoms with Gasteiger partial charge in [0.05, 0.1) is 5.48 Å². The van der Waals surface area contributed by atoms with E-state index in [0.717, 1.165) is 0 Å². The van der Waals surface area contributed by atoms with Gasteiger partial charge in [-0.3, -0.25) is 0 Å².